The molecule has 0 unspecified atom stereocenters. The van der Waals surface area contributed by atoms with E-state index in [1.165, 1.54) is 14.7 Å². The molecule has 0 radical (unpaired) electrons. The Labute approximate surface area is 388 Å². The molecule has 0 bridgehead atoms. The summed E-state index contributed by atoms with van der Waals surface area (Å²) in [6, 6.07) is -6.98. The van der Waals surface area contributed by atoms with Crippen LogP contribution in [0.15, 0.2) is 0 Å². The Hall–Kier alpha value is -4.81. The first-order valence-electron chi connectivity index (χ1n) is 25.1. The van der Waals surface area contributed by atoms with E-state index in [0.717, 1.165) is 25.8 Å². The number of hydrogen-bond donors (Lipinski definition) is 4. The average molecular weight is 925 g/mol. The second kappa shape index (κ2) is 21.4. The summed E-state index contributed by atoms with van der Waals surface area (Å²) in [7, 11) is 0. The molecule has 7 saturated heterocycles. The molecule has 0 aromatic rings. The quantitative estimate of drug-likeness (QED) is 0.169. The molecule has 5 N–H and O–H groups in total. The number of aliphatic carboxylic acids is 1. The van der Waals surface area contributed by atoms with Crippen LogP contribution in [0.5, 0.6) is 0 Å². The zero-order valence-electron chi connectivity index (χ0n) is 39.5. The highest BCUT2D eigenvalue weighted by molar-refractivity contribution is 5.99. The van der Waals surface area contributed by atoms with Crippen molar-refractivity contribution in [3.8, 4) is 0 Å². The number of nitrogens with zero attached hydrogens (tertiary/aromatic N) is 6. The van der Waals surface area contributed by atoms with Gasteiger partial charge in [-0.2, -0.15) is 0 Å². The van der Waals surface area contributed by atoms with E-state index in [-0.39, 0.29) is 60.4 Å². The molecule has 8 amide bonds. The van der Waals surface area contributed by atoms with Gasteiger partial charge in [0.25, 0.3) is 5.91 Å². The van der Waals surface area contributed by atoms with Crippen LogP contribution in [0.25, 0.3) is 0 Å². The number of hydrogen-bond acceptors (Lipinski definition) is 9. The topological polar surface area (TPSA) is 234 Å². The zero-order valence-corrected chi connectivity index (χ0v) is 39.5. The van der Waals surface area contributed by atoms with Crippen LogP contribution in [0.2, 0.25) is 0 Å². The predicted molar refractivity (Wildman–Crippen MR) is 239 cm³/mol. The Morgan fingerprint density at radius 3 is 1.38 bits per heavy atom. The number of likely N-dealkylation sites (tertiary alicyclic amines) is 6. The van der Waals surface area contributed by atoms with Crippen molar-refractivity contribution in [2.24, 2.45) is 11.8 Å². The maximum Gasteiger partial charge on any atom is 0.326 e. The maximum absolute atomic E-state index is 14.7. The molecule has 7 aliphatic rings. The van der Waals surface area contributed by atoms with E-state index in [2.05, 4.69) is 10.6 Å². The van der Waals surface area contributed by atoms with Gasteiger partial charge in [-0.15, -0.1) is 0 Å². The van der Waals surface area contributed by atoms with Gasteiger partial charge in [0.2, 0.25) is 41.4 Å². The van der Waals surface area contributed by atoms with Crippen LogP contribution >= 0.6 is 0 Å². The largest absolute Gasteiger partial charge is 0.480 e. The Morgan fingerprint density at radius 2 is 0.939 bits per heavy atom. The number of rotatable bonds is 15. The van der Waals surface area contributed by atoms with Crippen LogP contribution in [0.1, 0.15) is 130 Å². The summed E-state index contributed by atoms with van der Waals surface area (Å²) in [6.07, 6.45) is 8.72. The van der Waals surface area contributed by atoms with Gasteiger partial charge in [-0.1, -0.05) is 34.1 Å². The van der Waals surface area contributed by atoms with Gasteiger partial charge in [-0.3, -0.25) is 38.4 Å². The first kappa shape index (κ1) is 49.1. The fraction of sp³-hybridized carbons (Fsp3) is 0.809. The lowest BCUT2D eigenvalue weighted by Crippen LogP contribution is -2.89. The van der Waals surface area contributed by atoms with Crippen LogP contribution in [-0.4, -0.2) is 188 Å². The van der Waals surface area contributed by atoms with Crippen LogP contribution in [0.4, 0.5) is 0 Å². The molecule has 10 atom stereocenters. The summed E-state index contributed by atoms with van der Waals surface area (Å²) in [5.74, 6) is -4.08. The Kier molecular flexibility index (Phi) is 15.9. The van der Waals surface area contributed by atoms with Crippen molar-refractivity contribution in [3.05, 3.63) is 0 Å². The Bertz CT molecular complexity index is 1870. The van der Waals surface area contributed by atoms with Gasteiger partial charge in [-0.25, -0.2) is 4.79 Å². The summed E-state index contributed by atoms with van der Waals surface area (Å²) in [4.78, 5) is 134. The maximum atomic E-state index is 14.7. The van der Waals surface area contributed by atoms with E-state index >= 15 is 0 Å². The zero-order chi connectivity index (χ0) is 47.4. The van der Waals surface area contributed by atoms with Crippen molar-refractivity contribution in [1.82, 2.24) is 40.0 Å². The van der Waals surface area contributed by atoms with Crippen molar-refractivity contribution in [3.63, 3.8) is 0 Å². The highest BCUT2D eigenvalue weighted by Crippen LogP contribution is 2.32. The third-order valence-corrected chi connectivity index (χ3v) is 15.5. The van der Waals surface area contributed by atoms with Crippen molar-refractivity contribution in [2.75, 3.05) is 45.8 Å². The summed E-state index contributed by atoms with van der Waals surface area (Å²) in [5.41, 5.74) is 0. The fourth-order valence-corrected chi connectivity index (χ4v) is 11.8. The number of amides is 8. The smallest absolute Gasteiger partial charge is 0.326 e. The summed E-state index contributed by atoms with van der Waals surface area (Å²) < 4.78 is 0. The lowest BCUT2D eigenvalue weighted by Gasteiger charge is -2.36. The Morgan fingerprint density at radius 1 is 0.530 bits per heavy atom. The van der Waals surface area contributed by atoms with E-state index in [0.29, 0.717) is 110 Å². The van der Waals surface area contributed by atoms with Crippen LogP contribution in [0, 0.1) is 11.8 Å². The molecule has 0 aromatic heterocycles. The lowest BCUT2D eigenvalue weighted by molar-refractivity contribution is -0.658. The van der Waals surface area contributed by atoms with E-state index in [1.54, 1.807) is 14.7 Å². The minimum Gasteiger partial charge on any atom is -0.480 e. The predicted octanol–water partition coefficient (Wildman–Crippen LogP) is -0.195. The van der Waals surface area contributed by atoms with E-state index < -0.39 is 72.0 Å². The Balaban J connectivity index is 1.00. The molecule has 0 aromatic carbocycles. The second-order valence-electron chi connectivity index (χ2n) is 20.3. The molecule has 19 nitrogen and oxygen atoms in total. The van der Waals surface area contributed by atoms with Crippen LogP contribution in [0.3, 0.4) is 0 Å². The first-order chi connectivity index (χ1) is 31.6. The first-order valence-corrected chi connectivity index (χ1v) is 25.1. The lowest BCUT2D eigenvalue weighted by atomic mass is 9.95. The van der Waals surface area contributed by atoms with Gasteiger partial charge < -0.3 is 50.5 Å². The minimum absolute atomic E-state index is 0.0139. The van der Waals surface area contributed by atoms with Gasteiger partial charge in [0, 0.05) is 52.1 Å². The molecular formula is C47H74N9O10+. The molecule has 366 valence electrons. The molecule has 7 aliphatic heterocycles. The van der Waals surface area contributed by atoms with Gasteiger partial charge in [0.1, 0.15) is 48.3 Å². The SMILES string of the molecule is CC[C@H](C)[C@H](NC(=O)[C@H](CC(C)C)NC(=O)[C@@H]1CCCN1C(=O)[C@@H]1CCCN1C(=O)[C@@H]1CCC[NH2+]1)C(=O)N1CCC[C@H]1C(=O)N1CCC[C@H]1C(=O)N1CCC[C@H]1C(=O)N1CCC[C@H]1C(=O)O. The summed E-state index contributed by atoms with van der Waals surface area (Å²) in [6.45, 7) is 10.7. The van der Waals surface area contributed by atoms with E-state index in [9.17, 15) is 48.3 Å². The summed E-state index contributed by atoms with van der Waals surface area (Å²) in [5, 5.41) is 17.7. The number of quaternary nitrogens is 1. The van der Waals surface area contributed by atoms with E-state index in [1.807, 2.05) is 33.0 Å². The molecule has 0 saturated carbocycles. The fourth-order valence-electron chi connectivity index (χ4n) is 11.8. The molecule has 7 heterocycles. The number of carbonyl (C=O) groups excluding carboxylic acids is 8. The number of carbonyl (C=O) groups is 9. The van der Waals surface area contributed by atoms with Crippen molar-refractivity contribution < 1.29 is 53.6 Å². The molecular weight excluding hydrogens is 851 g/mol. The molecule has 0 aliphatic carbocycles. The van der Waals surface area contributed by atoms with Crippen molar-refractivity contribution in [2.45, 2.75) is 185 Å². The summed E-state index contributed by atoms with van der Waals surface area (Å²) >= 11 is 0. The van der Waals surface area contributed by atoms with Crippen LogP contribution in [-0.2, 0) is 43.2 Å². The van der Waals surface area contributed by atoms with Gasteiger partial charge in [-0.05, 0) is 95.3 Å². The number of nitrogens with two attached hydrogens (primary N) is 1. The van der Waals surface area contributed by atoms with Gasteiger partial charge in [0.05, 0.1) is 6.54 Å². The molecule has 0 spiro atoms. The molecule has 66 heavy (non-hydrogen) atoms. The number of nitrogens with one attached hydrogen (secondary N) is 2. The third kappa shape index (κ3) is 10.2. The molecule has 7 rings (SSSR count). The normalized spacial score (nSPS) is 29.1. The van der Waals surface area contributed by atoms with Gasteiger partial charge in [0.15, 0.2) is 6.04 Å². The third-order valence-electron chi connectivity index (χ3n) is 15.5. The van der Waals surface area contributed by atoms with Gasteiger partial charge >= 0.3 is 5.97 Å². The van der Waals surface area contributed by atoms with Crippen molar-refractivity contribution in [1.29, 1.82) is 0 Å². The molecule has 7 fully saturated rings. The molecule has 19 heteroatoms. The van der Waals surface area contributed by atoms with E-state index in [4.69, 9.17) is 0 Å². The highest BCUT2D eigenvalue weighted by atomic mass is 16.4. The van der Waals surface area contributed by atoms with Crippen LogP contribution < -0.4 is 16.0 Å². The standard InChI is InChI=1S/C47H73N9O10/c1-5-29(4)38(50-39(57)31(27-28(2)3)49-40(58)32-14-7-21-51(32)42(60)33-15-8-22-52(33)41(59)30-13-6-20-48-30)46(64)55-25-11-18-36(55)44(62)53-23-9-16-34(53)43(61)54-24-10-17-35(54)45(63)56-26-12-19-37(56)47(65)66/h28-38,48H,5-27H2,1-4H3,(H,49,58)(H,50,57)(H,65,66)/p+1/t29-,30-,31-,32-,33-,34-,35-,36-,37-,38-/m0/s1. The second-order valence-corrected chi connectivity index (χ2v) is 20.3. The number of carboxylic acid groups (broad SMARTS) is 1. The average Bonchev–Trinajstić information content (AvgIpc) is 4.15. The monoisotopic (exact) mass is 925 g/mol. The number of carboxylic acids is 1. The van der Waals surface area contributed by atoms with Crippen molar-refractivity contribution >= 4 is 53.2 Å². The highest BCUT2D eigenvalue weighted by Gasteiger charge is 2.49. The minimum atomic E-state index is -1.06.